The first kappa shape index (κ1) is 14.0. The quantitative estimate of drug-likeness (QED) is 0.894. The number of aromatic nitrogens is 4. The summed E-state index contributed by atoms with van der Waals surface area (Å²) in [5.74, 6) is 1.11. The fraction of sp³-hybridized carbons (Fsp3) is 0.357. The van der Waals surface area contributed by atoms with E-state index in [1.54, 1.807) is 9.58 Å². The van der Waals surface area contributed by atoms with Crippen LogP contribution in [-0.2, 0) is 11.8 Å². The molecule has 1 amide bonds. The molecular formula is C14H15N7O. The monoisotopic (exact) mass is 297 g/mol. The number of nitrogens with zero attached hydrogens (tertiary/aromatic N) is 6. The van der Waals surface area contributed by atoms with Crippen LogP contribution < -0.4 is 10.2 Å². The first-order valence-corrected chi connectivity index (χ1v) is 6.97. The maximum Gasteiger partial charge on any atom is 0.250 e. The van der Waals surface area contributed by atoms with Crippen LogP contribution >= 0.6 is 0 Å². The summed E-state index contributed by atoms with van der Waals surface area (Å²) >= 11 is 0. The number of aryl methyl sites for hydroxylation is 1. The van der Waals surface area contributed by atoms with E-state index in [-0.39, 0.29) is 17.6 Å². The predicted octanol–water partition coefficient (Wildman–Crippen LogP) is 0.689. The molecule has 0 bridgehead atoms. The summed E-state index contributed by atoms with van der Waals surface area (Å²) in [6, 6.07) is 3.37. The second-order valence-corrected chi connectivity index (χ2v) is 5.08. The van der Waals surface area contributed by atoms with Gasteiger partial charge in [0.25, 0.3) is 5.91 Å². The van der Waals surface area contributed by atoms with Gasteiger partial charge in [0.15, 0.2) is 11.5 Å². The second-order valence-electron chi connectivity index (χ2n) is 5.08. The average molecular weight is 297 g/mol. The molecule has 0 saturated carbocycles. The molecule has 3 heterocycles. The number of carbonyl (C=O) groups excluding carboxylic acids is 1. The molecule has 0 aromatic carbocycles. The van der Waals surface area contributed by atoms with Gasteiger partial charge in [-0.3, -0.25) is 14.4 Å². The fourth-order valence-electron chi connectivity index (χ4n) is 2.42. The SMILES string of the molecule is Cn1ccc(N2CCCC(Nc3cnc(C#N)cn3)C2=O)n1. The van der Waals surface area contributed by atoms with Gasteiger partial charge in [-0.15, -0.1) is 0 Å². The van der Waals surface area contributed by atoms with E-state index < -0.39 is 0 Å². The van der Waals surface area contributed by atoms with Crippen molar-refractivity contribution in [2.75, 3.05) is 16.8 Å². The highest BCUT2D eigenvalue weighted by molar-refractivity contribution is 5.98. The van der Waals surface area contributed by atoms with E-state index in [0.29, 0.717) is 18.2 Å². The molecule has 1 N–H and O–H groups in total. The van der Waals surface area contributed by atoms with Gasteiger partial charge in [0.2, 0.25) is 0 Å². The zero-order valence-electron chi connectivity index (χ0n) is 12.1. The van der Waals surface area contributed by atoms with Gasteiger partial charge in [-0.25, -0.2) is 9.97 Å². The van der Waals surface area contributed by atoms with E-state index in [1.807, 2.05) is 25.4 Å². The summed E-state index contributed by atoms with van der Waals surface area (Å²) in [5.41, 5.74) is 0.246. The highest BCUT2D eigenvalue weighted by Crippen LogP contribution is 2.21. The third kappa shape index (κ3) is 2.74. The van der Waals surface area contributed by atoms with Gasteiger partial charge in [-0.1, -0.05) is 0 Å². The minimum Gasteiger partial charge on any atom is -0.357 e. The van der Waals surface area contributed by atoms with Crippen molar-refractivity contribution in [2.24, 2.45) is 7.05 Å². The van der Waals surface area contributed by atoms with Crippen LogP contribution in [0.3, 0.4) is 0 Å². The lowest BCUT2D eigenvalue weighted by Crippen LogP contribution is -2.48. The first-order chi connectivity index (χ1) is 10.7. The predicted molar refractivity (Wildman–Crippen MR) is 79.0 cm³/mol. The average Bonchev–Trinajstić information content (AvgIpc) is 2.96. The van der Waals surface area contributed by atoms with Crippen molar-refractivity contribution in [3.05, 3.63) is 30.4 Å². The zero-order valence-corrected chi connectivity index (χ0v) is 12.1. The number of piperidine rings is 1. The minimum atomic E-state index is -0.363. The van der Waals surface area contributed by atoms with E-state index in [9.17, 15) is 4.79 Å². The Labute approximate surface area is 127 Å². The summed E-state index contributed by atoms with van der Waals surface area (Å²) < 4.78 is 1.67. The smallest absolute Gasteiger partial charge is 0.250 e. The first-order valence-electron chi connectivity index (χ1n) is 6.97. The maximum atomic E-state index is 12.6. The number of hydrogen-bond donors (Lipinski definition) is 1. The molecule has 1 fully saturated rings. The molecule has 0 radical (unpaired) electrons. The van der Waals surface area contributed by atoms with E-state index >= 15 is 0 Å². The van der Waals surface area contributed by atoms with Crippen LogP contribution in [0.2, 0.25) is 0 Å². The Kier molecular flexibility index (Phi) is 3.70. The van der Waals surface area contributed by atoms with Crippen LogP contribution in [0, 0.1) is 11.3 Å². The molecular weight excluding hydrogens is 282 g/mol. The third-order valence-electron chi connectivity index (χ3n) is 3.50. The Morgan fingerprint density at radius 3 is 2.91 bits per heavy atom. The van der Waals surface area contributed by atoms with Crippen LogP contribution in [0.25, 0.3) is 0 Å². The summed E-state index contributed by atoms with van der Waals surface area (Å²) in [7, 11) is 1.82. The minimum absolute atomic E-state index is 0.0314. The number of rotatable bonds is 3. The lowest BCUT2D eigenvalue weighted by Gasteiger charge is -2.31. The van der Waals surface area contributed by atoms with E-state index in [4.69, 9.17) is 5.26 Å². The molecule has 3 rings (SSSR count). The van der Waals surface area contributed by atoms with Crippen LogP contribution in [-0.4, -0.2) is 38.2 Å². The summed E-state index contributed by atoms with van der Waals surface area (Å²) in [6.07, 6.45) is 6.26. The lowest BCUT2D eigenvalue weighted by atomic mass is 10.0. The molecule has 2 aromatic heterocycles. The standard InChI is InChI=1S/C14H15N7O/c1-20-6-4-13(19-20)21-5-2-3-11(14(21)22)18-12-9-16-10(7-15)8-17-12/h4,6,8-9,11H,2-3,5H2,1H3,(H,17,18). The van der Waals surface area contributed by atoms with Gasteiger partial charge < -0.3 is 5.32 Å². The van der Waals surface area contributed by atoms with Gasteiger partial charge in [-0.05, 0) is 12.8 Å². The maximum absolute atomic E-state index is 12.6. The molecule has 1 unspecified atom stereocenters. The normalized spacial score (nSPS) is 18.1. The largest absolute Gasteiger partial charge is 0.357 e. The molecule has 1 saturated heterocycles. The van der Waals surface area contributed by atoms with E-state index in [1.165, 1.54) is 12.4 Å². The van der Waals surface area contributed by atoms with Crippen LogP contribution in [0.5, 0.6) is 0 Å². The van der Waals surface area contributed by atoms with Crippen molar-refractivity contribution in [1.29, 1.82) is 5.26 Å². The summed E-state index contributed by atoms with van der Waals surface area (Å²) in [4.78, 5) is 22.3. The van der Waals surface area contributed by atoms with Gasteiger partial charge in [-0.2, -0.15) is 10.4 Å². The Hall–Kier alpha value is -2.95. The molecule has 1 aliphatic rings. The Bertz CT molecular complexity index is 716. The van der Waals surface area contributed by atoms with Crippen molar-refractivity contribution >= 4 is 17.5 Å². The van der Waals surface area contributed by atoms with Crippen LogP contribution in [0.15, 0.2) is 24.7 Å². The highest BCUT2D eigenvalue weighted by Gasteiger charge is 2.30. The lowest BCUT2D eigenvalue weighted by molar-refractivity contribution is -0.120. The molecule has 8 heteroatoms. The van der Waals surface area contributed by atoms with Crippen LogP contribution in [0.4, 0.5) is 11.6 Å². The molecule has 22 heavy (non-hydrogen) atoms. The number of nitrogens with one attached hydrogen (secondary N) is 1. The molecule has 0 spiro atoms. The van der Waals surface area contributed by atoms with Gasteiger partial charge >= 0.3 is 0 Å². The topological polar surface area (TPSA) is 99.7 Å². The Balaban J connectivity index is 1.73. The van der Waals surface area contributed by atoms with Crippen molar-refractivity contribution < 1.29 is 4.79 Å². The molecule has 112 valence electrons. The fourth-order valence-corrected chi connectivity index (χ4v) is 2.42. The van der Waals surface area contributed by atoms with Crippen molar-refractivity contribution in [1.82, 2.24) is 19.7 Å². The summed E-state index contributed by atoms with van der Waals surface area (Å²) in [5, 5.41) is 16.1. The van der Waals surface area contributed by atoms with Gasteiger partial charge in [0.05, 0.1) is 12.4 Å². The number of anilines is 2. The van der Waals surface area contributed by atoms with Gasteiger partial charge in [0.1, 0.15) is 17.9 Å². The molecule has 2 aromatic rings. The molecule has 8 nitrogen and oxygen atoms in total. The van der Waals surface area contributed by atoms with E-state index in [2.05, 4.69) is 20.4 Å². The summed E-state index contributed by atoms with van der Waals surface area (Å²) in [6.45, 7) is 0.660. The molecule has 1 atom stereocenters. The second kappa shape index (κ2) is 5.81. The number of hydrogen-bond acceptors (Lipinski definition) is 6. The van der Waals surface area contributed by atoms with Crippen molar-refractivity contribution in [2.45, 2.75) is 18.9 Å². The van der Waals surface area contributed by atoms with Gasteiger partial charge in [0, 0.05) is 25.9 Å². The Morgan fingerprint density at radius 1 is 1.41 bits per heavy atom. The van der Waals surface area contributed by atoms with Crippen molar-refractivity contribution in [3.63, 3.8) is 0 Å². The highest BCUT2D eigenvalue weighted by atomic mass is 16.2. The zero-order chi connectivity index (χ0) is 15.5. The number of carbonyl (C=O) groups is 1. The number of amides is 1. The molecule has 0 aliphatic carbocycles. The van der Waals surface area contributed by atoms with Crippen LogP contribution in [0.1, 0.15) is 18.5 Å². The molecule has 1 aliphatic heterocycles. The Morgan fingerprint density at radius 2 is 2.27 bits per heavy atom. The number of nitriles is 1. The van der Waals surface area contributed by atoms with Crippen molar-refractivity contribution in [3.8, 4) is 6.07 Å². The third-order valence-corrected chi connectivity index (χ3v) is 3.50. The van der Waals surface area contributed by atoms with E-state index in [0.717, 1.165) is 12.8 Å².